The van der Waals surface area contributed by atoms with Gasteiger partial charge in [-0.1, -0.05) is 134 Å². The number of fused-ring (bicyclic) bond motifs is 10. The second-order valence-corrected chi connectivity index (χ2v) is 12.3. The molecular weight excluding hydrogens is 572 g/mol. The van der Waals surface area contributed by atoms with Gasteiger partial charge in [0, 0.05) is 33.5 Å². The SMILES string of the molecule is CC1C(n2c(-c3ccccc3)nc3ccccc32)=CC=CCc2ccccc2-c2c(ccc3c2oc2ccccc23)-c2ccccc21. The number of allylic oxidation sites excluding steroid dienone is 4. The van der Waals surface area contributed by atoms with Crippen molar-refractivity contribution in [1.82, 2.24) is 9.55 Å². The van der Waals surface area contributed by atoms with E-state index in [2.05, 4.69) is 163 Å². The third-order valence-electron chi connectivity index (χ3n) is 9.59. The lowest BCUT2D eigenvalue weighted by atomic mass is 9.83. The molecule has 6 aromatic carbocycles. The lowest BCUT2D eigenvalue weighted by Crippen LogP contribution is -2.09. The maximum absolute atomic E-state index is 6.73. The van der Waals surface area contributed by atoms with Crippen LogP contribution in [0.1, 0.15) is 24.0 Å². The van der Waals surface area contributed by atoms with Crippen LogP contribution in [0.5, 0.6) is 0 Å². The molecule has 0 saturated heterocycles. The summed E-state index contributed by atoms with van der Waals surface area (Å²) >= 11 is 0. The van der Waals surface area contributed by atoms with Crippen molar-refractivity contribution in [2.45, 2.75) is 19.3 Å². The summed E-state index contributed by atoms with van der Waals surface area (Å²) < 4.78 is 9.09. The molecule has 0 saturated carbocycles. The van der Waals surface area contributed by atoms with Gasteiger partial charge in [0.2, 0.25) is 0 Å². The molecule has 3 nitrogen and oxygen atoms in total. The van der Waals surface area contributed by atoms with Crippen LogP contribution in [0.4, 0.5) is 0 Å². The molecule has 0 fully saturated rings. The minimum Gasteiger partial charge on any atom is -0.455 e. The summed E-state index contributed by atoms with van der Waals surface area (Å²) in [5.74, 6) is 0.974. The maximum atomic E-state index is 6.73. The van der Waals surface area contributed by atoms with Crippen molar-refractivity contribution in [1.29, 1.82) is 0 Å². The molecule has 1 unspecified atom stereocenters. The van der Waals surface area contributed by atoms with E-state index in [1.54, 1.807) is 0 Å². The smallest absolute Gasteiger partial charge is 0.145 e. The summed E-state index contributed by atoms with van der Waals surface area (Å²) in [6.07, 6.45) is 7.58. The number of hydrogen-bond acceptors (Lipinski definition) is 2. The molecule has 0 bridgehead atoms. The third-order valence-corrected chi connectivity index (χ3v) is 9.59. The molecule has 1 aliphatic carbocycles. The fourth-order valence-electron chi connectivity index (χ4n) is 7.34. The Labute approximate surface area is 273 Å². The lowest BCUT2D eigenvalue weighted by Gasteiger charge is -2.24. The van der Waals surface area contributed by atoms with Crippen molar-refractivity contribution in [3.05, 3.63) is 169 Å². The second kappa shape index (κ2) is 11.1. The quantitative estimate of drug-likeness (QED) is 0.197. The Hall–Kier alpha value is -5.93. The molecule has 0 N–H and O–H groups in total. The highest BCUT2D eigenvalue weighted by Gasteiger charge is 2.26. The molecule has 8 aromatic rings. The zero-order chi connectivity index (χ0) is 31.3. The second-order valence-electron chi connectivity index (χ2n) is 12.3. The van der Waals surface area contributed by atoms with E-state index in [4.69, 9.17) is 9.40 Å². The Morgan fingerprint density at radius 1 is 0.660 bits per heavy atom. The minimum absolute atomic E-state index is 0.0322. The largest absolute Gasteiger partial charge is 0.455 e. The topological polar surface area (TPSA) is 31.0 Å². The number of aromatic nitrogens is 2. The van der Waals surface area contributed by atoms with Gasteiger partial charge < -0.3 is 4.42 Å². The van der Waals surface area contributed by atoms with Gasteiger partial charge in [0.15, 0.2) is 0 Å². The summed E-state index contributed by atoms with van der Waals surface area (Å²) in [7, 11) is 0. The van der Waals surface area contributed by atoms with Gasteiger partial charge in [-0.2, -0.15) is 0 Å². The van der Waals surface area contributed by atoms with Gasteiger partial charge in [0.25, 0.3) is 0 Å². The monoisotopic (exact) mass is 604 g/mol. The van der Waals surface area contributed by atoms with Crippen LogP contribution in [0.15, 0.2) is 162 Å². The average molecular weight is 605 g/mol. The summed E-state index contributed by atoms with van der Waals surface area (Å²) in [4.78, 5) is 5.18. The Kier molecular flexibility index (Phi) is 6.50. The van der Waals surface area contributed by atoms with Crippen LogP contribution in [0.2, 0.25) is 0 Å². The van der Waals surface area contributed by atoms with Gasteiger partial charge in [-0.15, -0.1) is 0 Å². The number of furan rings is 1. The molecule has 1 aliphatic rings. The fourth-order valence-corrected chi connectivity index (χ4v) is 7.34. The van der Waals surface area contributed by atoms with Crippen LogP contribution in [0.25, 0.3) is 72.3 Å². The molecule has 0 aliphatic heterocycles. The van der Waals surface area contributed by atoms with E-state index < -0.39 is 0 Å². The van der Waals surface area contributed by atoms with E-state index in [0.29, 0.717) is 0 Å². The first kappa shape index (κ1) is 27.4. The molecule has 2 heterocycles. The van der Waals surface area contributed by atoms with Crippen LogP contribution < -0.4 is 0 Å². The molecule has 47 heavy (non-hydrogen) atoms. The Morgan fingerprint density at radius 2 is 1.40 bits per heavy atom. The predicted molar refractivity (Wildman–Crippen MR) is 195 cm³/mol. The zero-order valence-corrected chi connectivity index (χ0v) is 26.1. The van der Waals surface area contributed by atoms with E-state index in [-0.39, 0.29) is 5.92 Å². The molecule has 1 atom stereocenters. The molecule has 9 rings (SSSR count). The number of nitrogens with zero attached hydrogens (tertiary/aromatic N) is 2. The molecule has 3 heteroatoms. The third kappa shape index (κ3) is 4.46. The Balaban J connectivity index is 1.35. The molecule has 0 amide bonds. The van der Waals surface area contributed by atoms with Crippen LogP contribution in [0.3, 0.4) is 0 Å². The number of rotatable bonds is 2. The van der Waals surface area contributed by atoms with E-state index in [1.165, 1.54) is 33.5 Å². The number of hydrogen-bond donors (Lipinski definition) is 0. The lowest BCUT2D eigenvalue weighted by molar-refractivity contribution is 0.670. The highest BCUT2D eigenvalue weighted by molar-refractivity contribution is 6.13. The molecule has 0 spiro atoms. The molecule has 0 radical (unpaired) electrons. The van der Waals surface area contributed by atoms with Crippen molar-refractivity contribution in [2.24, 2.45) is 0 Å². The molecular formula is C44H32N2O. The first-order valence-corrected chi connectivity index (χ1v) is 16.3. The summed E-state index contributed by atoms with van der Waals surface area (Å²) in [5.41, 5.74) is 13.4. The Bertz CT molecular complexity index is 2510. The van der Waals surface area contributed by atoms with Crippen LogP contribution >= 0.6 is 0 Å². The van der Waals surface area contributed by atoms with Crippen LogP contribution in [-0.2, 0) is 6.42 Å². The first-order chi connectivity index (χ1) is 23.3. The highest BCUT2D eigenvalue weighted by atomic mass is 16.3. The van der Waals surface area contributed by atoms with Gasteiger partial charge in [0.05, 0.1) is 11.0 Å². The van der Waals surface area contributed by atoms with E-state index in [0.717, 1.165) is 56.3 Å². The van der Waals surface area contributed by atoms with E-state index in [1.807, 2.05) is 6.07 Å². The molecule has 2 aromatic heterocycles. The fraction of sp³-hybridized carbons (Fsp3) is 0.0682. The van der Waals surface area contributed by atoms with Crippen molar-refractivity contribution < 1.29 is 4.42 Å². The van der Waals surface area contributed by atoms with E-state index in [9.17, 15) is 0 Å². The first-order valence-electron chi connectivity index (χ1n) is 16.3. The summed E-state index contributed by atoms with van der Waals surface area (Å²) in [6, 6.07) is 49.5. The van der Waals surface area contributed by atoms with Crippen molar-refractivity contribution in [3.8, 4) is 33.6 Å². The van der Waals surface area contributed by atoms with E-state index >= 15 is 0 Å². The van der Waals surface area contributed by atoms with Gasteiger partial charge in [0.1, 0.15) is 17.0 Å². The minimum atomic E-state index is 0.0322. The summed E-state index contributed by atoms with van der Waals surface area (Å²) in [5, 5.41) is 2.28. The van der Waals surface area contributed by atoms with Crippen molar-refractivity contribution >= 4 is 38.7 Å². The number of imidazole rings is 1. The van der Waals surface area contributed by atoms with Gasteiger partial charge >= 0.3 is 0 Å². The van der Waals surface area contributed by atoms with Crippen LogP contribution in [-0.4, -0.2) is 9.55 Å². The number of benzene rings is 6. The Morgan fingerprint density at radius 3 is 2.32 bits per heavy atom. The number of para-hydroxylation sites is 3. The maximum Gasteiger partial charge on any atom is 0.145 e. The summed E-state index contributed by atoms with van der Waals surface area (Å²) in [6.45, 7) is 2.32. The normalized spacial score (nSPS) is 14.7. The van der Waals surface area contributed by atoms with Gasteiger partial charge in [-0.3, -0.25) is 4.57 Å². The van der Waals surface area contributed by atoms with Crippen molar-refractivity contribution in [3.63, 3.8) is 0 Å². The van der Waals surface area contributed by atoms with Crippen LogP contribution in [0, 0.1) is 0 Å². The average Bonchev–Trinajstić information content (AvgIpc) is 3.70. The zero-order valence-electron chi connectivity index (χ0n) is 26.1. The van der Waals surface area contributed by atoms with Gasteiger partial charge in [-0.05, 0) is 64.6 Å². The standard InChI is InChI=1S/C44H32N2O/c1-29-32-19-8-9-21-34(32)36-27-28-37-35-22-10-14-26-41(35)47-43(37)42(36)33-20-7-5-15-30(33)16-6-12-24-39(29)46-40-25-13-11-23-38(40)45-44(46)31-17-3-2-4-18-31/h2-15,17-29H,16H2,1H3. The predicted octanol–water partition coefficient (Wildman–Crippen LogP) is 11.7. The van der Waals surface area contributed by atoms with Crippen molar-refractivity contribution in [2.75, 3.05) is 0 Å². The molecule has 224 valence electrons. The van der Waals surface area contributed by atoms with Gasteiger partial charge in [-0.25, -0.2) is 4.98 Å². The highest BCUT2D eigenvalue weighted by Crippen LogP contribution is 2.46.